The van der Waals surface area contributed by atoms with Crippen LogP contribution in [0.5, 0.6) is 0 Å². The van der Waals surface area contributed by atoms with Crippen molar-refractivity contribution in [1.29, 1.82) is 5.26 Å². The van der Waals surface area contributed by atoms with Crippen molar-refractivity contribution < 1.29 is 22.7 Å². The molecule has 0 fully saturated rings. The van der Waals surface area contributed by atoms with Crippen LogP contribution in [0.2, 0.25) is 0 Å². The van der Waals surface area contributed by atoms with Crippen molar-refractivity contribution >= 4 is 16.6 Å². The van der Waals surface area contributed by atoms with Crippen molar-refractivity contribution in [2.24, 2.45) is 5.92 Å². The summed E-state index contributed by atoms with van der Waals surface area (Å²) in [6.45, 7) is 5.23. The second kappa shape index (κ2) is 7.77. The number of anilines is 1. The van der Waals surface area contributed by atoms with Crippen molar-refractivity contribution in [1.82, 2.24) is 4.98 Å². The molecule has 1 aliphatic heterocycles. The summed E-state index contributed by atoms with van der Waals surface area (Å²) in [4.78, 5) is 2.95. The summed E-state index contributed by atoms with van der Waals surface area (Å²) < 4.78 is 57.5. The third-order valence-corrected chi connectivity index (χ3v) is 7.31. The van der Waals surface area contributed by atoms with Crippen LogP contribution in [0.25, 0.3) is 10.9 Å². The number of aliphatic hydroxyl groups is 1. The fourth-order valence-electron chi connectivity index (χ4n) is 5.14. The SMILES string of the molecule is Cc1cc(C#N)cc2[nH]c(CC(O)(C(C)C3(C)CCNc4ccc(F)cc43)C(F)(F)F)cc12. The molecule has 0 amide bonds. The summed E-state index contributed by atoms with van der Waals surface area (Å²) in [6, 6.07) is 10.9. The number of aryl methyl sites for hydroxylation is 1. The second-order valence-electron chi connectivity index (χ2n) is 9.27. The van der Waals surface area contributed by atoms with Gasteiger partial charge in [-0.3, -0.25) is 0 Å². The van der Waals surface area contributed by atoms with E-state index in [1.165, 1.54) is 25.1 Å². The minimum Gasteiger partial charge on any atom is -0.385 e. The molecule has 174 valence electrons. The van der Waals surface area contributed by atoms with Gasteiger partial charge in [0, 0.05) is 46.6 Å². The minimum absolute atomic E-state index is 0.215. The number of alkyl halides is 3. The van der Waals surface area contributed by atoms with E-state index in [2.05, 4.69) is 10.3 Å². The molecule has 3 atom stereocenters. The average molecular weight is 459 g/mol. The molecule has 8 heteroatoms. The van der Waals surface area contributed by atoms with Gasteiger partial charge in [0.05, 0.1) is 11.6 Å². The first-order chi connectivity index (χ1) is 15.4. The van der Waals surface area contributed by atoms with Crippen LogP contribution in [-0.4, -0.2) is 28.4 Å². The Morgan fingerprint density at radius 2 is 1.94 bits per heavy atom. The lowest BCUT2D eigenvalue weighted by molar-refractivity contribution is -0.285. The van der Waals surface area contributed by atoms with E-state index < -0.39 is 35.3 Å². The standard InChI is InChI=1S/C25H25F4N3O/c1-14-8-16(13-30)9-22-19(14)11-18(32-22)12-24(33,25(27,28)29)15(2)23(3)6-7-31-21-5-4-17(26)10-20(21)23/h4-5,8-11,15,31-33H,6-7,12H2,1-3H3. The molecule has 3 N–H and O–H groups in total. The number of halogens is 4. The maximum Gasteiger partial charge on any atom is 0.417 e. The maximum absolute atomic E-state index is 14.5. The largest absolute Gasteiger partial charge is 0.417 e. The van der Waals surface area contributed by atoms with Crippen LogP contribution in [0, 0.1) is 30.0 Å². The van der Waals surface area contributed by atoms with Gasteiger partial charge in [0.15, 0.2) is 5.60 Å². The zero-order valence-electron chi connectivity index (χ0n) is 18.6. The number of nitriles is 1. The van der Waals surface area contributed by atoms with E-state index in [-0.39, 0.29) is 5.69 Å². The predicted octanol–water partition coefficient (Wildman–Crippen LogP) is 5.73. The van der Waals surface area contributed by atoms with E-state index in [1.807, 2.05) is 6.07 Å². The fraction of sp³-hybridized carbons (Fsp3) is 0.400. The molecule has 3 aromatic rings. The van der Waals surface area contributed by atoms with Gasteiger partial charge in [0.1, 0.15) is 5.82 Å². The van der Waals surface area contributed by atoms with Gasteiger partial charge in [-0.2, -0.15) is 18.4 Å². The Morgan fingerprint density at radius 3 is 2.61 bits per heavy atom. The molecule has 2 heterocycles. The molecule has 1 aliphatic rings. The molecule has 33 heavy (non-hydrogen) atoms. The van der Waals surface area contributed by atoms with Gasteiger partial charge in [-0.1, -0.05) is 13.8 Å². The van der Waals surface area contributed by atoms with Gasteiger partial charge in [-0.05, 0) is 60.9 Å². The van der Waals surface area contributed by atoms with Crippen LogP contribution in [-0.2, 0) is 11.8 Å². The number of H-pyrrole nitrogens is 1. The summed E-state index contributed by atoms with van der Waals surface area (Å²) in [6.07, 6.45) is -5.32. The molecule has 0 aliphatic carbocycles. The number of hydrogen-bond donors (Lipinski definition) is 3. The molecule has 0 saturated heterocycles. The van der Waals surface area contributed by atoms with E-state index in [0.29, 0.717) is 40.7 Å². The van der Waals surface area contributed by atoms with Crippen molar-refractivity contribution in [3.05, 3.63) is 64.6 Å². The number of aromatic nitrogens is 1. The Hall–Kier alpha value is -3.05. The Kier molecular flexibility index (Phi) is 5.44. The maximum atomic E-state index is 14.5. The second-order valence-corrected chi connectivity index (χ2v) is 9.27. The highest BCUT2D eigenvalue weighted by atomic mass is 19.4. The van der Waals surface area contributed by atoms with Crippen LogP contribution in [0.15, 0.2) is 36.4 Å². The fourth-order valence-corrected chi connectivity index (χ4v) is 5.14. The van der Waals surface area contributed by atoms with Crippen molar-refractivity contribution in [2.75, 3.05) is 11.9 Å². The lowest BCUT2D eigenvalue weighted by Gasteiger charge is -2.48. The van der Waals surface area contributed by atoms with E-state index in [9.17, 15) is 27.9 Å². The van der Waals surface area contributed by atoms with Crippen molar-refractivity contribution in [3.8, 4) is 6.07 Å². The van der Waals surface area contributed by atoms with Crippen LogP contribution in [0.1, 0.15) is 42.7 Å². The van der Waals surface area contributed by atoms with Gasteiger partial charge < -0.3 is 15.4 Å². The molecular formula is C25H25F4N3O. The van der Waals surface area contributed by atoms with Crippen molar-refractivity contribution in [3.63, 3.8) is 0 Å². The van der Waals surface area contributed by atoms with E-state index in [0.717, 1.165) is 5.56 Å². The van der Waals surface area contributed by atoms with Crippen LogP contribution >= 0.6 is 0 Å². The quantitative estimate of drug-likeness (QED) is 0.436. The first-order valence-corrected chi connectivity index (χ1v) is 10.7. The Morgan fingerprint density at radius 1 is 1.21 bits per heavy atom. The first-order valence-electron chi connectivity index (χ1n) is 10.7. The number of fused-ring (bicyclic) bond motifs is 2. The molecule has 0 radical (unpaired) electrons. The smallest absolute Gasteiger partial charge is 0.385 e. The zero-order valence-corrected chi connectivity index (χ0v) is 18.6. The molecule has 1 aromatic heterocycles. The Balaban J connectivity index is 1.79. The third-order valence-electron chi connectivity index (χ3n) is 7.31. The first kappa shape index (κ1) is 23.1. The van der Waals surface area contributed by atoms with E-state index >= 15 is 0 Å². The van der Waals surface area contributed by atoms with Gasteiger partial charge in [0.25, 0.3) is 0 Å². The highest BCUT2D eigenvalue weighted by molar-refractivity contribution is 5.85. The molecule has 4 rings (SSSR count). The summed E-state index contributed by atoms with van der Waals surface area (Å²) >= 11 is 0. The number of benzene rings is 2. The van der Waals surface area contributed by atoms with E-state index in [1.54, 1.807) is 32.0 Å². The normalized spacial score (nSPS) is 21.1. The number of aromatic amines is 1. The number of rotatable bonds is 4. The molecule has 0 saturated carbocycles. The van der Waals surface area contributed by atoms with Crippen LogP contribution in [0.4, 0.5) is 23.2 Å². The summed E-state index contributed by atoms with van der Waals surface area (Å²) in [5, 5.41) is 24.3. The summed E-state index contributed by atoms with van der Waals surface area (Å²) in [7, 11) is 0. The van der Waals surface area contributed by atoms with Crippen LogP contribution in [0.3, 0.4) is 0 Å². The number of nitrogens with zero attached hydrogens (tertiary/aromatic N) is 1. The minimum atomic E-state index is -4.93. The number of hydrogen-bond acceptors (Lipinski definition) is 3. The van der Waals surface area contributed by atoms with Crippen LogP contribution < -0.4 is 5.32 Å². The predicted molar refractivity (Wildman–Crippen MR) is 118 cm³/mol. The van der Waals surface area contributed by atoms with Crippen molar-refractivity contribution in [2.45, 2.75) is 50.8 Å². The van der Waals surface area contributed by atoms with Gasteiger partial charge in [-0.15, -0.1) is 0 Å². The lowest BCUT2D eigenvalue weighted by atomic mass is 9.61. The third kappa shape index (κ3) is 3.74. The highest BCUT2D eigenvalue weighted by Gasteiger charge is 2.61. The van der Waals surface area contributed by atoms with E-state index in [4.69, 9.17) is 0 Å². The summed E-state index contributed by atoms with van der Waals surface area (Å²) in [5.41, 5.74) is -1.29. The average Bonchev–Trinajstić information content (AvgIpc) is 3.15. The lowest BCUT2D eigenvalue weighted by Crippen LogP contribution is -2.59. The van der Waals surface area contributed by atoms with Gasteiger partial charge >= 0.3 is 6.18 Å². The topological polar surface area (TPSA) is 71.8 Å². The zero-order chi connectivity index (χ0) is 24.2. The molecule has 0 bridgehead atoms. The molecule has 2 aromatic carbocycles. The highest BCUT2D eigenvalue weighted by Crippen LogP contribution is 2.51. The Bertz CT molecular complexity index is 1260. The van der Waals surface area contributed by atoms with Gasteiger partial charge in [0.2, 0.25) is 0 Å². The summed E-state index contributed by atoms with van der Waals surface area (Å²) in [5.74, 6) is -1.82. The monoisotopic (exact) mass is 459 g/mol. The number of nitrogens with one attached hydrogen (secondary N) is 2. The molecule has 4 nitrogen and oxygen atoms in total. The molecule has 0 spiro atoms. The Labute approximate surface area is 189 Å². The van der Waals surface area contributed by atoms with Gasteiger partial charge in [-0.25, -0.2) is 4.39 Å². The molecular weight excluding hydrogens is 434 g/mol. The molecule has 3 unspecified atom stereocenters.